The Balaban J connectivity index is 1.83. The molecule has 3 heterocycles. The zero-order valence-electron chi connectivity index (χ0n) is 10.3. The van der Waals surface area contributed by atoms with E-state index in [-0.39, 0.29) is 5.41 Å². The van der Waals surface area contributed by atoms with Crippen molar-refractivity contribution in [2.45, 2.75) is 24.5 Å². The minimum atomic E-state index is 0.0795. The van der Waals surface area contributed by atoms with Gasteiger partial charge in [0.25, 0.3) is 0 Å². The molecule has 3 atom stereocenters. The van der Waals surface area contributed by atoms with Crippen LogP contribution in [-0.2, 0) is 4.79 Å². The summed E-state index contributed by atoms with van der Waals surface area (Å²) in [5.41, 5.74) is 1.52. The van der Waals surface area contributed by atoms with Crippen LogP contribution in [0.25, 0.3) is 0 Å². The van der Waals surface area contributed by atoms with Crippen LogP contribution in [0.5, 0.6) is 0 Å². The first kappa shape index (κ1) is 10.9. The second-order valence-electron chi connectivity index (χ2n) is 5.73. The average Bonchev–Trinajstić information content (AvgIpc) is 2.72. The molecule has 2 fully saturated rings. The van der Waals surface area contributed by atoms with Gasteiger partial charge in [-0.25, -0.2) is 0 Å². The van der Waals surface area contributed by atoms with Crippen molar-refractivity contribution in [2.24, 2.45) is 11.3 Å². The maximum atomic E-state index is 12.0. The smallest absolute Gasteiger partial charge is 0.190 e. The molecule has 0 aromatic carbocycles. The highest BCUT2D eigenvalue weighted by Crippen LogP contribution is 2.58. The first-order chi connectivity index (χ1) is 8.79. The first-order valence-corrected chi connectivity index (χ1v) is 7.68. The van der Waals surface area contributed by atoms with Gasteiger partial charge in [0.05, 0.1) is 5.25 Å². The second-order valence-corrected chi connectivity index (χ2v) is 6.89. The van der Waals surface area contributed by atoms with Crippen LogP contribution in [0.2, 0.25) is 0 Å². The van der Waals surface area contributed by atoms with Crippen LogP contribution in [0.15, 0.2) is 36.1 Å². The molecule has 0 saturated carbocycles. The fourth-order valence-electron chi connectivity index (χ4n) is 3.90. The number of nitrogens with zero attached hydrogens (tertiary/aromatic N) is 1. The number of allylic oxidation sites excluding steroid dienone is 4. The third kappa shape index (κ3) is 1.34. The molecule has 3 unspecified atom stereocenters. The Hall–Kier alpha value is -0.960. The molecule has 0 aromatic rings. The molecule has 0 N–H and O–H groups in total. The lowest BCUT2D eigenvalue weighted by molar-refractivity contribution is -0.112. The van der Waals surface area contributed by atoms with Gasteiger partial charge in [-0.05, 0) is 12.8 Å². The van der Waals surface area contributed by atoms with Crippen LogP contribution >= 0.6 is 11.8 Å². The van der Waals surface area contributed by atoms with Gasteiger partial charge in [-0.3, -0.25) is 4.79 Å². The molecule has 2 nitrogen and oxygen atoms in total. The number of piperidine rings is 1. The molecule has 1 aliphatic carbocycles. The Morgan fingerprint density at radius 3 is 3.28 bits per heavy atom. The third-order valence-corrected chi connectivity index (χ3v) is 6.10. The molecule has 4 aliphatic rings. The number of carbonyl (C=O) groups excluding carboxylic acids is 1. The Labute approximate surface area is 112 Å². The topological polar surface area (TPSA) is 20.3 Å². The van der Waals surface area contributed by atoms with Crippen molar-refractivity contribution in [1.82, 2.24) is 4.90 Å². The van der Waals surface area contributed by atoms with Gasteiger partial charge in [-0.1, -0.05) is 42.1 Å². The molecule has 3 heteroatoms. The highest BCUT2D eigenvalue weighted by atomic mass is 32.2. The lowest BCUT2D eigenvalue weighted by atomic mass is 9.65. The van der Waals surface area contributed by atoms with Gasteiger partial charge >= 0.3 is 0 Å². The molecule has 0 bridgehead atoms. The largest absolute Gasteiger partial charge is 0.373 e. The quantitative estimate of drug-likeness (QED) is 0.667. The minimum absolute atomic E-state index is 0.0795. The van der Waals surface area contributed by atoms with Crippen molar-refractivity contribution in [2.75, 3.05) is 13.1 Å². The maximum absolute atomic E-state index is 12.0. The van der Waals surface area contributed by atoms with Crippen LogP contribution in [0.4, 0.5) is 0 Å². The van der Waals surface area contributed by atoms with Gasteiger partial charge in [0, 0.05) is 36.5 Å². The Kier molecular flexibility index (Phi) is 2.28. The lowest BCUT2D eigenvalue weighted by Gasteiger charge is -2.51. The standard InChI is InChI=1S/C15H17NOS/c17-13-9-15-7-3-1-5-11(15)10-16-8-4-2-6-12(16)14(15)18-13/h1,3,5-7,11,14H,2,4,8-10H2. The molecule has 3 aliphatic heterocycles. The minimum Gasteiger partial charge on any atom is -0.373 e. The van der Waals surface area contributed by atoms with Crippen molar-refractivity contribution < 1.29 is 4.79 Å². The summed E-state index contributed by atoms with van der Waals surface area (Å²) in [6.07, 6.45) is 14.5. The van der Waals surface area contributed by atoms with E-state index < -0.39 is 0 Å². The van der Waals surface area contributed by atoms with Gasteiger partial charge in [-0.2, -0.15) is 0 Å². The van der Waals surface area contributed by atoms with Gasteiger partial charge in [0.15, 0.2) is 5.12 Å². The normalized spacial score (nSPS) is 41.2. The summed E-state index contributed by atoms with van der Waals surface area (Å²) in [6, 6.07) is 0. The molecule has 94 valence electrons. The van der Waals surface area contributed by atoms with E-state index in [1.165, 1.54) is 25.1 Å². The third-order valence-electron chi connectivity index (χ3n) is 4.78. The zero-order chi connectivity index (χ0) is 12.2. The van der Waals surface area contributed by atoms with E-state index in [2.05, 4.69) is 35.3 Å². The number of hydrogen-bond acceptors (Lipinski definition) is 3. The van der Waals surface area contributed by atoms with E-state index in [1.54, 1.807) is 11.8 Å². The Morgan fingerprint density at radius 1 is 1.39 bits per heavy atom. The van der Waals surface area contributed by atoms with E-state index in [1.807, 2.05) is 0 Å². The van der Waals surface area contributed by atoms with Crippen molar-refractivity contribution in [3.63, 3.8) is 0 Å². The molecule has 2 saturated heterocycles. The molecule has 0 amide bonds. The van der Waals surface area contributed by atoms with Crippen LogP contribution in [-0.4, -0.2) is 28.4 Å². The first-order valence-electron chi connectivity index (χ1n) is 6.80. The summed E-state index contributed by atoms with van der Waals surface area (Å²) >= 11 is 1.58. The van der Waals surface area contributed by atoms with Crippen LogP contribution in [0, 0.1) is 11.3 Å². The predicted molar refractivity (Wildman–Crippen MR) is 74.1 cm³/mol. The number of thioether (sulfide) groups is 1. The molecule has 0 radical (unpaired) electrons. The van der Waals surface area contributed by atoms with E-state index in [0.717, 1.165) is 13.0 Å². The van der Waals surface area contributed by atoms with Gasteiger partial charge in [0.1, 0.15) is 0 Å². The number of rotatable bonds is 0. The molecule has 1 spiro atoms. The fourth-order valence-corrected chi connectivity index (χ4v) is 5.42. The van der Waals surface area contributed by atoms with Crippen LogP contribution in [0.1, 0.15) is 19.3 Å². The average molecular weight is 259 g/mol. The summed E-state index contributed by atoms with van der Waals surface area (Å²) < 4.78 is 0. The lowest BCUT2D eigenvalue weighted by Crippen LogP contribution is -2.52. The van der Waals surface area contributed by atoms with Crippen molar-refractivity contribution >= 4 is 16.9 Å². The fraction of sp³-hybridized carbons (Fsp3) is 0.533. The molecule has 18 heavy (non-hydrogen) atoms. The van der Waals surface area contributed by atoms with E-state index in [0.29, 0.717) is 16.3 Å². The van der Waals surface area contributed by atoms with Gasteiger partial charge in [-0.15, -0.1) is 0 Å². The second kappa shape index (κ2) is 3.77. The van der Waals surface area contributed by atoms with Crippen LogP contribution in [0.3, 0.4) is 0 Å². The maximum Gasteiger partial charge on any atom is 0.190 e. The molecule has 4 rings (SSSR count). The summed E-state index contributed by atoms with van der Waals surface area (Å²) in [6.45, 7) is 2.26. The van der Waals surface area contributed by atoms with E-state index in [4.69, 9.17) is 0 Å². The van der Waals surface area contributed by atoms with Crippen LogP contribution < -0.4 is 0 Å². The molecule has 0 aromatic heterocycles. The number of carbonyl (C=O) groups is 1. The zero-order valence-corrected chi connectivity index (χ0v) is 11.2. The van der Waals surface area contributed by atoms with Gasteiger partial charge in [0.2, 0.25) is 0 Å². The predicted octanol–water partition coefficient (Wildman–Crippen LogP) is 2.74. The molecular weight excluding hydrogens is 242 g/mol. The Morgan fingerprint density at radius 2 is 2.33 bits per heavy atom. The van der Waals surface area contributed by atoms with Crippen molar-refractivity contribution in [1.29, 1.82) is 0 Å². The van der Waals surface area contributed by atoms with E-state index >= 15 is 0 Å². The Bertz CT molecular complexity index is 493. The summed E-state index contributed by atoms with van der Waals surface area (Å²) in [5, 5.41) is 0.739. The summed E-state index contributed by atoms with van der Waals surface area (Å²) in [5.74, 6) is 0.515. The summed E-state index contributed by atoms with van der Waals surface area (Å²) in [7, 11) is 0. The van der Waals surface area contributed by atoms with E-state index in [9.17, 15) is 4.79 Å². The number of hydrogen-bond donors (Lipinski definition) is 0. The highest BCUT2D eigenvalue weighted by molar-refractivity contribution is 8.14. The molecular formula is C15H17NOS. The summed E-state index contributed by atoms with van der Waals surface area (Å²) in [4.78, 5) is 14.5. The van der Waals surface area contributed by atoms with Crippen molar-refractivity contribution in [3.8, 4) is 0 Å². The monoisotopic (exact) mass is 259 g/mol. The van der Waals surface area contributed by atoms with Crippen molar-refractivity contribution in [3.05, 3.63) is 36.1 Å². The highest BCUT2D eigenvalue weighted by Gasteiger charge is 2.56. The number of fused-ring (bicyclic) bond motifs is 2. The van der Waals surface area contributed by atoms with Gasteiger partial charge < -0.3 is 4.90 Å². The SMILES string of the molecule is O=C1CC23C=CC=CC2CN2CCCC=C2C3S1.